The van der Waals surface area contributed by atoms with Crippen molar-refractivity contribution in [1.29, 1.82) is 0 Å². The Morgan fingerprint density at radius 3 is 2.59 bits per heavy atom. The predicted molar refractivity (Wildman–Crippen MR) is 87.6 cm³/mol. The number of amides is 1. The third-order valence-corrected chi connectivity index (χ3v) is 3.11. The van der Waals surface area contributed by atoms with Crippen molar-refractivity contribution in [2.24, 2.45) is 0 Å². The summed E-state index contributed by atoms with van der Waals surface area (Å²) >= 11 is 0. The molecule has 0 aromatic heterocycles. The summed E-state index contributed by atoms with van der Waals surface area (Å²) in [5, 5.41) is 2.74. The number of rotatable bonds is 7. The average molecular weight is 299 g/mol. The molecular formula is C18H21NO3. The van der Waals surface area contributed by atoms with E-state index in [1.807, 2.05) is 42.5 Å². The van der Waals surface area contributed by atoms with Crippen molar-refractivity contribution in [3.05, 3.63) is 54.1 Å². The zero-order valence-corrected chi connectivity index (χ0v) is 13.0. The minimum absolute atomic E-state index is 0.122. The number of aryl methyl sites for hydroxylation is 1. The highest BCUT2D eigenvalue weighted by molar-refractivity contribution is 5.90. The van der Waals surface area contributed by atoms with Gasteiger partial charge in [0.25, 0.3) is 0 Å². The number of hydrogen-bond donors (Lipinski definition) is 1. The Hall–Kier alpha value is -2.49. The van der Waals surface area contributed by atoms with E-state index in [1.54, 1.807) is 0 Å². The summed E-state index contributed by atoms with van der Waals surface area (Å²) < 4.78 is 11.4. The topological polar surface area (TPSA) is 47.6 Å². The molecule has 116 valence electrons. The van der Waals surface area contributed by atoms with E-state index < -0.39 is 0 Å². The molecule has 0 heterocycles. The molecule has 0 fully saturated rings. The lowest BCUT2D eigenvalue weighted by Gasteiger charge is -2.12. The standard InChI is InChI=1S/C18H21NO3/c1-3-15-7-6-8-16(13-15)21-11-12-22-18-10-5-4-9-17(18)19-14(2)20/h4-10,13H,3,11-12H2,1-2H3,(H,19,20). The SMILES string of the molecule is CCc1cccc(OCCOc2ccccc2NC(C)=O)c1. The second kappa shape index (κ2) is 8.08. The average Bonchev–Trinajstić information content (AvgIpc) is 2.52. The zero-order chi connectivity index (χ0) is 15.8. The first kappa shape index (κ1) is 15.9. The molecule has 1 amide bonds. The fraction of sp³-hybridized carbons (Fsp3) is 0.278. The van der Waals surface area contributed by atoms with E-state index in [0.717, 1.165) is 12.2 Å². The zero-order valence-electron chi connectivity index (χ0n) is 13.0. The van der Waals surface area contributed by atoms with Gasteiger partial charge in [-0.1, -0.05) is 31.2 Å². The smallest absolute Gasteiger partial charge is 0.221 e. The minimum Gasteiger partial charge on any atom is -0.490 e. The minimum atomic E-state index is -0.122. The molecule has 0 unspecified atom stereocenters. The maximum Gasteiger partial charge on any atom is 0.221 e. The molecule has 4 nitrogen and oxygen atoms in total. The normalized spacial score (nSPS) is 10.1. The van der Waals surface area contributed by atoms with Crippen LogP contribution in [0.3, 0.4) is 0 Å². The number of carbonyl (C=O) groups is 1. The summed E-state index contributed by atoms with van der Waals surface area (Å²) in [4.78, 5) is 11.1. The van der Waals surface area contributed by atoms with Crippen molar-refractivity contribution in [3.63, 3.8) is 0 Å². The number of ether oxygens (including phenoxy) is 2. The summed E-state index contributed by atoms with van der Waals surface area (Å²) in [5.74, 6) is 1.37. The van der Waals surface area contributed by atoms with E-state index >= 15 is 0 Å². The first-order valence-electron chi connectivity index (χ1n) is 7.40. The van der Waals surface area contributed by atoms with Crippen LogP contribution in [0.1, 0.15) is 19.4 Å². The first-order chi connectivity index (χ1) is 10.7. The molecule has 4 heteroatoms. The quantitative estimate of drug-likeness (QED) is 0.794. The molecular weight excluding hydrogens is 278 g/mol. The summed E-state index contributed by atoms with van der Waals surface area (Å²) in [6.07, 6.45) is 0.984. The van der Waals surface area contributed by atoms with Crippen molar-refractivity contribution < 1.29 is 14.3 Å². The number of hydrogen-bond acceptors (Lipinski definition) is 3. The number of benzene rings is 2. The Labute approximate surface area is 131 Å². The van der Waals surface area contributed by atoms with Crippen molar-refractivity contribution >= 4 is 11.6 Å². The lowest BCUT2D eigenvalue weighted by Crippen LogP contribution is -2.12. The van der Waals surface area contributed by atoms with Gasteiger partial charge in [-0.05, 0) is 36.2 Å². The molecule has 0 atom stereocenters. The van der Waals surface area contributed by atoms with E-state index in [1.165, 1.54) is 12.5 Å². The second-order valence-electron chi connectivity index (χ2n) is 4.88. The van der Waals surface area contributed by atoms with Crippen LogP contribution < -0.4 is 14.8 Å². The molecule has 0 radical (unpaired) electrons. The van der Waals surface area contributed by atoms with Gasteiger partial charge >= 0.3 is 0 Å². The molecule has 2 rings (SSSR count). The summed E-state index contributed by atoms with van der Waals surface area (Å²) in [5.41, 5.74) is 1.91. The molecule has 0 aliphatic rings. The van der Waals surface area contributed by atoms with Crippen molar-refractivity contribution in [2.45, 2.75) is 20.3 Å². The van der Waals surface area contributed by atoms with Crippen LogP contribution in [-0.2, 0) is 11.2 Å². The molecule has 2 aromatic rings. The van der Waals surface area contributed by atoms with Gasteiger partial charge in [0.15, 0.2) is 0 Å². The molecule has 2 aromatic carbocycles. The van der Waals surface area contributed by atoms with Crippen molar-refractivity contribution in [1.82, 2.24) is 0 Å². The maximum atomic E-state index is 11.1. The molecule has 0 saturated heterocycles. The van der Waals surface area contributed by atoms with Crippen LogP contribution in [0.5, 0.6) is 11.5 Å². The lowest BCUT2D eigenvalue weighted by atomic mass is 10.2. The summed E-state index contributed by atoms with van der Waals surface area (Å²) in [6.45, 7) is 4.44. The van der Waals surface area contributed by atoms with Crippen LogP contribution in [-0.4, -0.2) is 19.1 Å². The van der Waals surface area contributed by atoms with Crippen molar-refractivity contribution in [3.8, 4) is 11.5 Å². The lowest BCUT2D eigenvalue weighted by molar-refractivity contribution is -0.114. The van der Waals surface area contributed by atoms with Crippen LogP contribution in [0.25, 0.3) is 0 Å². The Morgan fingerprint density at radius 2 is 1.82 bits per heavy atom. The van der Waals surface area contributed by atoms with Crippen molar-refractivity contribution in [2.75, 3.05) is 18.5 Å². The Balaban J connectivity index is 1.85. The summed E-state index contributed by atoms with van der Waals surface area (Å²) in [7, 11) is 0. The Kier molecular flexibility index (Phi) is 5.83. The van der Waals surface area contributed by atoms with E-state index in [0.29, 0.717) is 24.7 Å². The van der Waals surface area contributed by atoms with Crippen LogP contribution in [0.4, 0.5) is 5.69 Å². The summed E-state index contributed by atoms with van der Waals surface area (Å²) in [6, 6.07) is 15.4. The number of nitrogens with one attached hydrogen (secondary N) is 1. The molecule has 0 aliphatic heterocycles. The number of anilines is 1. The Morgan fingerprint density at radius 1 is 1.05 bits per heavy atom. The molecule has 22 heavy (non-hydrogen) atoms. The van der Waals surface area contributed by atoms with Crippen LogP contribution >= 0.6 is 0 Å². The van der Waals surface area contributed by atoms with Gasteiger partial charge in [-0.3, -0.25) is 4.79 Å². The van der Waals surface area contributed by atoms with Gasteiger partial charge in [0.1, 0.15) is 24.7 Å². The highest BCUT2D eigenvalue weighted by atomic mass is 16.5. The molecule has 0 bridgehead atoms. The number of carbonyl (C=O) groups excluding carboxylic acids is 1. The molecule has 0 saturated carbocycles. The molecule has 1 N–H and O–H groups in total. The predicted octanol–water partition coefficient (Wildman–Crippen LogP) is 3.67. The second-order valence-corrected chi connectivity index (χ2v) is 4.88. The van der Waals surface area contributed by atoms with Gasteiger partial charge in [-0.25, -0.2) is 0 Å². The highest BCUT2D eigenvalue weighted by Crippen LogP contribution is 2.23. The monoisotopic (exact) mass is 299 g/mol. The van der Waals surface area contributed by atoms with Gasteiger partial charge in [-0.2, -0.15) is 0 Å². The van der Waals surface area contributed by atoms with E-state index in [-0.39, 0.29) is 5.91 Å². The van der Waals surface area contributed by atoms with Gasteiger partial charge in [-0.15, -0.1) is 0 Å². The van der Waals surface area contributed by atoms with Gasteiger partial charge < -0.3 is 14.8 Å². The maximum absolute atomic E-state index is 11.1. The third kappa shape index (κ3) is 4.81. The fourth-order valence-corrected chi connectivity index (χ4v) is 2.05. The Bertz CT molecular complexity index is 625. The van der Waals surface area contributed by atoms with Crippen LogP contribution in [0.15, 0.2) is 48.5 Å². The molecule has 0 aliphatic carbocycles. The van der Waals surface area contributed by atoms with Crippen LogP contribution in [0, 0.1) is 0 Å². The van der Waals surface area contributed by atoms with E-state index in [2.05, 4.69) is 18.3 Å². The van der Waals surface area contributed by atoms with Gasteiger partial charge in [0.05, 0.1) is 5.69 Å². The fourth-order valence-electron chi connectivity index (χ4n) is 2.05. The highest BCUT2D eigenvalue weighted by Gasteiger charge is 2.04. The van der Waals surface area contributed by atoms with Crippen LogP contribution in [0.2, 0.25) is 0 Å². The van der Waals surface area contributed by atoms with E-state index in [9.17, 15) is 4.79 Å². The van der Waals surface area contributed by atoms with Gasteiger partial charge in [0.2, 0.25) is 5.91 Å². The van der Waals surface area contributed by atoms with Gasteiger partial charge in [0, 0.05) is 6.92 Å². The van der Waals surface area contributed by atoms with E-state index in [4.69, 9.17) is 9.47 Å². The largest absolute Gasteiger partial charge is 0.490 e. The first-order valence-corrected chi connectivity index (χ1v) is 7.40. The number of para-hydroxylation sites is 2. The third-order valence-electron chi connectivity index (χ3n) is 3.11. The molecule has 0 spiro atoms.